The maximum Gasteiger partial charge on any atom is 0.156 e. The highest BCUT2D eigenvalue weighted by atomic mass is 19.1. The Hall–Kier alpha value is -2.96. The van der Waals surface area contributed by atoms with Crippen molar-refractivity contribution in [2.24, 2.45) is 7.05 Å². The second kappa shape index (κ2) is 7.34. The third kappa shape index (κ3) is 3.77. The lowest BCUT2D eigenvalue weighted by atomic mass is 10.1. The van der Waals surface area contributed by atoms with Gasteiger partial charge in [0.2, 0.25) is 0 Å². The summed E-state index contributed by atoms with van der Waals surface area (Å²) in [5.41, 5.74) is 3.25. The molecule has 2 aromatic heterocycles. The second-order valence-electron chi connectivity index (χ2n) is 6.52. The highest BCUT2D eigenvalue weighted by Crippen LogP contribution is 2.29. The number of fused-ring (bicyclic) bond motifs is 1. The van der Waals surface area contributed by atoms with Gasteiger partial charge in [0.05, 0.1) is 6.10 Å². The third-order valence-electron chi connectivity index (χ3n) is 4.47. The summed E-state index contributed by atoms with van der Waals surface area (Å²) in [6.45, 7) is 0.874. The zero-order valence-electron chi connectivity index (χ0n) is 14.9. The van der Waals surface area contributed by atoms with Crippen LogP contribution >= 0.6 is 0 Å². The number of furan rings is 1. The van der Waals surface area contributed by atoms with Gasteiger partial charge in [-0.15, -0.1) is 0 Å². The number of nitrogens with one attached hydrogen (secondary N) is 1. The first kappa shape index (κ1) is 17.5. The lowest BCUT2D eigenvalue weighted by molar-refractivity contribution is 0.174. The number of aliphatic hydroxyl groups excluding tert-OH is 1. The van der Waals surface area contributed by atoms with Crippen LogP contribution in [0.15, 0.2) is 65.2 Å². The summed E-state index contributed by atoms with van der Waals surface area (Å²) in [5.74, 6) is 0.400. The number of halogens is 1. The molecule has 5 nitrogen and oxygen atoms in total. The molecule has 2 heterocycles. The van der Waals surface area contributed by atoms with Crippen molar-refractivity contribution in [2.75, 3.05) is 6.54 Å². The van der Waals surface area contributed by atoms with Gasteiger partial charge in [0.1, 0.15) is 17.1 Å². The van der Waals surface area contributed by atoms with Crippen LogP contribution in [0.1, 0.15) is 17.2 Å². The fraction of sp³-hybridized carbons (Fsp3) is 0.190. The number of benzene rings is 2. The standard InChI is InChI=1S/C21H20FN3O2/c1-25-13-16(11-23-12-18(26)14-6-8-17(22)9-7-14)21(24-25)20-10-15-4-2-3-5-19(15)27-20/h2-10,13,18,23,26H,11-12H2,1H3. The lowest BCUT2D eigenvalue weighted by Crippen LogP contribution is -2.21. The summed E-state index contributed by atoms with van der Waals surface area (Å²) in [7, 11) is 1.86. The van der Waals surface area contributed by atoms with Crippen molar-refractivity contribution in [3.8, 4) is 11.5 Å². The summed E-state index contributed by atoms with van der Waals surface area (Å²) in [4.78, 5) is 0. The van der Waals surface area contributed by atoms with E-state index in [2.05, 4.69) is 10.4 Å². The molecule has 0 spiro atoms. The predicted molar refractivity (Wildman–Crippen MR) is 101 cm³/mol. The van der Waals surface area contributed by atoms with Crippen molar-refractivity contribution in [1.82, 2.24) is 15.1 Å². The Balaban J connectivity index is 1.47. The van der Waals surface area contributed by atoms with E-state index in [4.69, 9.17) is 4.42 Å². The van der Waals surface area contributed by atoms with Crippen LogP contribution in [-0.2, 0) is 13.6 Å². The van der Waals surface area contributed by atoms with Gasteiger partial charge < -0.3 is 14.8 Å². The molecular weight excluding hydrogens is 345 g/mol. The number of aliphatic hydroxyl groups is 1. The van der Waals surface area contributed by atoms with Crippen molar-refractivity contribution in [3.63, 3.8) is 0 Å². The number of rotatable bonds is 6. The Kier molecular flexibility index (Phi) is 4.75. The van der Waals surface area contributed by atoms with Crippen molar-refractivity contribution in [1.29, 1.82) is 0 Å². The van der Waals surface area contributed by atoms with Crippen LogP contribution in [0.4, 0.5) is 4.39 Å². The van der Waals surface area contributed by atoms with Gasteiger partial charge in [0.15, 0.2) is 5.76 Å². The van der Waals surface area contributed by atoms with Crippen LogP contribution in [0, 0.1) is 5.82 Å². The Bertz CT molecular complexity index is 1020. The Morgan fingerprint density at radius 1 is 1.19 bits per heavy atom. The summed E-state index contributed by atoms with van der Waals surface area (Å²) in [5, 5.41) is 19.0. The van der Waals surface area contributed by atoms with E-state index in [1.807, 2.05) is 43.6 Å². The average molecular weight is 365 g/mol. The van der Waals surface area contributed by atoms with Crippen LogP contribution < -0.4 is 5.32 Å². The quantitative estimate of drug-likeness (QED) is 0.546. The van der Waals surface area contributed by atoms with E-state index in [9.17, 15) is 9.50 Å². The Labute approximate surface area is 156 Å². The minimum absolute atomic E-state index is 0.315. The summed E-state index contributed by atoms with van der Waals surface area (Å²) in [6.07, 6.45) is 1.22. The summed E-state index contributed by atoms with van der Waals surface area (Å²) in [6, 6.07) is 15.7. The largest absolute Gasteiger partial charge is 0.454 e. The average Bonchev–Trinajstić information content (AvgIpc) is 3.25. The normalized spacial score (nSPS) is 12.6. The molecule has 0 fully saturated rings. The van der Waals surface area contributed by atoms with Crippen LogP contribution in [0.5, 0.6) is 0 Å². The molecule has 0 aliphatic heterocycles. The van der Waals surface area contributed by atoms with Crippen molar-refractivity contribution < 1.29 is 13.9 Å². The zero-order valence-corrected chi connectivity index (χ0v) is 14.9. The monoisotopic (exact) mass is 365 g/mol. The molecule has 4 rings (SSSR count). The molecule has 27 heavy (non-hydrogen) atoms. The molecule has 0 aliphatic rings. The molecule has 0 saturated heterocycles. The number of hydrogen-bond donors (Lipinski definition) is 2. The number of para-hydroxylation sites is 1. The maximum absolute atomic E-state index is 13.0. The van der Waals surface area contributed by atoms with E-state index in [1.165, 1.54) is 12.1 Å². The van der Waals surface area contributed by atoms with Gasteiger partial charge in [-0.1, -0.05) is 30.3 Å². The van der Waals surface area contributed by atoms with Gasteiger partial charge >= 0.3 is 0 Å². The van der Waals surface area contributed by atoms with Gasteiger partial charge in [-0.05, 0) is 29.8 Å². The second-order valence-corrected chi connectivity index (χ2v) is 6.52. The van der Waals surface area contributed by atoms with E-state index in [-0.39, 0.29) is 5.82 Å². The molecule has 0 amide bonds. The molecular formula is C21H20FN3O2. The molecule has 1 atom stereocenters. The summed E-state index contributed by atoms with van der Waals surface area (Å²) < 4.78 is 20.7. The van der Waals surface area contributed by atoms with Crippen molar-refractivity contribution >= 4 is 11.0 Å². The van der Waals surface area contributed by atoms with E-state index in [0.717, 1.165) is 22.2 Å². The lowest BCUT2D eigenvalue weighted by Gasteiger charge is -2.12. The first-order valence-electron chi connectivity index (χ1n) is 8.76. The highest BCUT2D eigenvalue weighted by molar-refractivity contribution is 5.82. The summed E-state index contributed by atoms with van der Waals surface area (Å²) >= 11 is 0. The van der Waals surface area contributed by atoms with Crippen LogP contribution in [-0.4, -0.2) is 21.4 Å². The van der Waals surface area contributed by atoms with Gasteiger partial charge in [-0.3, -0.25) is 4.68 Å². The smallest absolute Gasteiger partial charge is 0.156 e. The molecule has 0 aliphatic carbocycles. The number of aryl methyl sites for hydroxylation is 1. The van der Waals surface area contributed by atoms with Crippen LogP contribution in [0.25, 0.3) is 22.4 Å². The zero-order chi connectivity index (χ0) is 18.8. The number of nitrogens with zero attached hydrogens (tertiary/aromatic N) is 2. The molecule has 138 valence electrons. The predicted octanol–water partition coefficient (Wildman–Crippen LogP) is 3.80. The van der Waals surface area contributed by atoms with E-state index in [1.54, 1.807) is 16.8 Å². The maximum atomic E-state index is 13.0. The topological polar surface area (TPSA) is 63.2 Å². The molecule has 6 heteroatoms. The Morgan fingerprint density at radius 3 is 2.74 bits per heavy atom. The minimum atomic E-state index is -0.711. The van der Waals surface area contributed by atoms with Crippen molar-refractivity contribution in [3.05, 3.63) is 77.7 Å². The molecule has 0 saturated carbocycles. The van der Waals surface area contributed by atoms with Gasteiger partial charge in [0.25, 0.3) is 0 Å². The van der Waals surface area contributed by atoms with Gasteiger partial charge in [-0.2, -0.15) is 5.10 Å². The Morgan fingerprint density at radius 2 is 1.96 bits per heavy atom. The molecule has 2 aromatic carbocycles. The number of hydrogen-bond acceptors (Lipinski definition) is 4. The number of aromatic nitrogens is 2. The first-order valence-corrected chi connectivity index (χ1v) is 8.76. The fourth-order valence-corrected chi connectivity index (χ4v) is 3.12. The van der Waals surface area contributed by atoms with Crippen LogP contribution in [0.3, 0.4) is 0 Å². The SMILES string of the molecule is Cn1cc(CNCC(O)c2ccc(F)cc2)c(-c2cc3ccccc3o2)n1. The fourth-order valence-electron chi connectivity index (χ4n) is 3.12. The molecule has 0 radical (unpaired) electrons. The molecule has 0 bridgehead atoms. The molecule has 1 unspecified atom stereocenters. The van der Waals surface area contributed by atoms with Gasteiger partial charge in [-0.25, -0.2) is 4.39 Å². The van der Waals surface area contributed by atoms with E-state index >= 15 is 0 Å². The van der Waals surface area contributed by atoms with Crippen molar-refractivity contribution in [2.45, 2.75) is 12.6 Å². The first-order chi connectivity index (χ1) is 13.1. The third-order valence-corrected chi connectivity index (χ3v) is 4.47. The minimum Gasteiger partial charge on any atom is -0.454 e. The highest BCUT2D eigenvalue weighted by Gasteiger charge is 2.15. The van der Waals surface area contributed by atoms with Crippen LogP contribution in [0.2, 0.25) is 0 Å². The van der Waals surface area contributed by atoms with E-state index < -0.39 is 6.10 Å². The van der Waals surface area contributed by atoms with E-state index in [0.29, 0.717) is 24.4 Å². The van der Waals surface area contributed by atoms with Gasteiger partial charge in [0, 0.05) is 37.3 Å². The molecule has 4 aromatic rings. The molecule has 2 N–H and O–H groups in total.